The second kappa shape index (κ2) is 6.01. The molecule has 2 rings (SSSR count). The van der Waals surface area contributed by atoms with Gasteiger partial charge in [-0.15, -0.1) is 0 Å². The van der Waals surface area contributed by atoms with E-state index in [-0.39, 0.29) is 11.1 Å². The second-order valence-corrected chi connectivity index (χ2v) is 5.41. The molecule has 1 aliphatic heterocycles. The number of nitrogens with zero attached hydrogens (tertiary/aromatic N) is 1. The quantitative estimate of drug-likeness (QED) is 0.878. The number of halogens is 4. The Bertz CT molecular complexity index is 528. The molecule has 0 spiro atoms. The van der Waals surface area contributed by atoms with Crippen molar-refractivity contribution in [3.05, 3.63) is 28.8 Å². The molecule has 1 heterocycles. The van der Waals surface area contributed by atoms with Crippen molar-refractivity contribution in [1.29, 1.82) is 0 Å². The summed E-state index contributed by atoms with van der Waals surface area (Å²) in [7, 11) is 0. The van der Waals surface area contributed by atoms with Gasteiger partial charge in [0.25, 0.3) is 0 Å². The van der Waals surface area contributed by atoms with Crippen molar-refractivity contribution in [3.63, 3.8) is 0 Å². The minimum absolute atomic E-state index is 0.0137. The van der Waals surface area contributed by atoms with Crippen LogP contribution in [0.1, 0.15) is 18.4 Å². The van der Waals surface area contributed by atoms with Crippen LogP contribution in [0.3, 0.4) is 0 Å². The third-order valence-electron chi connectivity index (χ3n) is 3.40. The lowest BCUT2D eigenvalue weighted by Gasteiger charge is -2.31. The molecule has 3 N–H and O–H groups in total. The number of likely N-dealkylation sites (tertiary alicyclic amines) is 1. The van der Waals surface area contributed by atoms with Crippen LogP contribution in [0.15, 0.2) is 18.2 Å². The van der Waals surface area contributed by atoms with E-state index in [1.54, 1.807) is 0 Å². The molecular formula is C13H15ClF3N3O. The first-order valence-corrected chi connectivity index (χ1v) is 6.82. The van der Waals surface area contributed by atoms with E-state index in [0.717, 1.165) is 12.1 Å². The number of amides is 2. The van der Waals surface area contributed by atoms with Crippen molar-refractivity contribution in [1.82, 2.24) is 4.90 Å². The van der Waals surface area contributed by atoms with Crippen molar-refractivity contribution >= 4 is 23.3 Å². The predicted molar refractivity (Wildman–Crippen MR) is 74.3 cm³/mol. The second-order valence-electron chi connectivity index (χ2n) is 4.97. The summed E-state index contributed by atoms with van der Waals surface area (Å²) in [5.74, 6) is 0. The zero-order valence-electron chi connectivity index (χ0n) is 11.1. The van der Waals surface area contributed by atoms with Gasteiger partial charge in [-0.05, 0) is 31.0 Å². The van der Waals surface area contributed by atoms with Gasteiger partial charge < -0.3 is 16.0 Å². The number of urea groups is 1. The number of benzene rings is 1. The average Bonchev–Trinajstić information content (AvgIpc) is 2.37. The van der Waals surface area contributed by atoms with E-state index in [1.165, 1.54) is 11.0 Å². The smallest absolute Gasteiger partial charge is 0.382 e. The average molecular weight is 322 g/mol. The Balaban J connectivity index is 2.04. The summed E-state index contributed by atoms with van der Waals surface area (Å²) in [4.78, 5) is 12.5. The number of nitrogens with two attached hydrogens (primary N) is 1. The van der Waals surface area contributed by atoms with Gasteiger partial charge in [-0.1, -0.05) is 11.6 Å². The van der Waals surface area contributed by atoms with Gasteiger partial charge in [-0.2, -0.15) is 13.2 Å². The van der Waals surface area contributed by atoms with Crippen LogP contribution in [0, 0.1) is 0 Å². The van der Waals surface area contributed by atoms with Gasteiger partial charge in [0.05, 0.1) is 5.56 Å². The molecule has 0 aromatic heterocycles. The number of rotatable bonds is 2. The van der Waals surface area contributed by atoms with Crippen molar-refractivity contribution in [2.24, 2.45) is 5.73 Å². The zero-order valence-corrected chi connectivity index (χ0v) is 11.8. The minimum Gasteiger partial charge on any atom is -0.382 e. The largest absolute Gasteiger partial charge is 0.416 e. The predicted octanol–water partition coefficient (Wildman–Crippen LogP) is 3.31. The van der Waals surface area contributed by atoms with Gasteiger partial charge in [-0.25, -0.2) is 4.79 Å². The molecule has 1 aromatic rings. The fraction of sp³-hybridized carbons (Fsp3) is 0.462. The lowest BCUT2D eigenvalue weighted by Crippen LogP contribution is -2.44. The number of nitrogens with one attached hydrogen (secondary N) is 1. The summed E-state index contributed by atoms with van der Waals surface area (Å²) < 4.78 is 38.2. The number of carbonyl (C=O) groups excluding carboxylic acids is 1. The Morgan fingerprint density at radius 2 is 1.90 bits per heavy atom. The summed E-state index contributed by atoms with van der Waals surface area (Å²) in [5, 5.41) is 3.06. The molecule has 0 aliphatic carbocycles. The number of primary amides is 1. The highest BCUT2D eigenvalue weighted by Gasteiger charge is 2.31. The van der Waals surface area contributed by atoms with Gasteiger partial charge in [0.2, 0.25) is 0 Å². The normalized spacial score (nSPS) is 16.9. The molecule has 1 fully saturated rings. The van der Waals surface area contributed by atoms with Gasteiger partial charge in [0, 0.05) is 29.8 Å². The molecule has 2 amide bonds. The first-order chi connectivity index (χ1) is 9.75. The monoisotopic (exact) mass is 321 g/mol. The zero-order chi connectivity index (χ0) is 15.6. The maximum atomic E-state index is 12.7. The number of anilines is 1. The summed E-state index contributed by atoms with van der Waals surface area (Å²) >= 11 is 5.73. The molecule has 1 saturated heterocycles. The van der Waals surface area contributed by atoms with E-state index in [9.17, 15) is 18.0 Å². The summed E-state index contributed by atoms with van der Waals surface area (Å²) in [6, 6.07) is 2.89. The number of alkyl halides is 3. The van der Waals surface area contributed by atoms with Crippen molar-refractivity contribution < 1.29 is 18.0 Å². The molecule has 8 heteroatoms. The molecule has 21 heavy (non-hydrogen) atoms. The molecule has 4 nitrogen and oxygen atoms in total. The standard InChI is InChI=1S/C13H15ClF3N3O/c14-9-5-8(13(15,16)17)6-11(7-9)19-10-1-3-20(4-2-10)12(18)21/h5-7,10,19H,1-4H2,(H2,18,21). The van der Waals surface area contributed by atoms with Crippen molar-refractivity contribution in [2.45, 2.75) is 25.1 Å². The molecule has 0 atom stereocenters. The molecule has 0 radical (unpaired) electrons. The molecule has 0 bridgehead atoms. The van der Waals surface area contributed by atoms with Crippen LogP contribution in [-0.2, 0) is 6.18 Å². The Kier molecular flexibility index (Phi) is 4.51. The molecular weight excluding hydrogens is 307 g/mol. The molecule has 116 valence electrons. The number of hydrogen-bond acceptors (Lipinski definition) is 2. The first-order valence-electron chi connectivity index (χ1n) is 6.44. The van der Waals surface area contributed by atoms with Crippen LogP contribution in [0.4, 0.5) is 23.7 Å². The minimum atomic E-state index is -4.43. The van der Waals surface area contributed by atoms with E-state index < -0.39 is 17.8 Å². The van der Waals surface area contributed by atoms with Crippen LogP contribution in [0.25, 0.3) is 0 Å². The van der Waals surface area contributed by atoms with Crippen LogP contribution in [-0.4, -0.2) is 30.1 Å². The Morgan fingerprint density at radius 1 is 1.29 bits per heavy atom. The Labute approximate surface area is 125 Å². The van der Waals surface area contributed by atoms with E-state index in [4.69, 9.17) is 17.3 Å². The highest BCUT2D eigenvalue weighted by atomic mass is 35.5. The van der Waals surface area contributed by atoms with E-state index in [0.29, 0.717) is 31.6 Å². The van der Waals surface area contributed by atoms with Crippen LogP contribution in [0.2, 0.25) is 5.02 Å². The first kappa shape index (κ1) is 15.8. The summed E-state index contributed by atoms with van der Waals surface area (Å²) in [6.07, 6.45) is -3.19. The SMILES string of the molecule is NC(=O)N1CCC(Nc2cc(Cl)cc(C(F)(F)F)c2)CC1. The van der Waals surface area contributed by atoms with Crippen LogP contribution in [0.5, 0.6) is 0 Å². The van der Waals surface area contributed by atoms with Crippen LogP contribution < -0.4 is 11.1 Å². The highest BCUT2D eigenvalue weighted by Crippen LogP contribution is 2.33. The maximum Gasteiger partial charge on any atom is 0.416 e. The Morgan fingerprint density at radius 3 is 2.43 bits per heavy atom. The molecule has 1 aromatic carbocycles. The van der Waals surface area contributed by atoms with E-state index in [1.807, 2.05) is 0 Å². The summed E-state index contributed by atoms with van der Waals surface area (Å²) in [6.45, 7) is 0.972. The fourth-order valence-electron chi connectivity index (χ4n) is 2.32. The van der Waals surface area contributed by atoms with Crippen molar-refractivity contribution in [3.8, 4) is 0 Å². The topological polar surface area (TPSA) is 58.4 Å². The lowest BCUT2D eigenvalue weighted by atomic mass is 10.0. The third kappa shape index (κ3) is 4.17. The van der Waals surface area contributed by atoms with Gasteiger partial charge in [-0.3, -0.25) is 0 Å². The highest BCUT2D eigenvalue weighted by molar-refractivity contribution is 6.30. The van der Waals surface area contributed by atoms with E-state index >= 15 is 0 Å². The van der Waals surface area contributed by atoms with Gasteiger partial charge in [0.15, 0.2) is 0 Å². The lowest BCUT2D eigenvalue weighted by molar-refractivity contribution is -0.137. The maximum absolute atomic E-state index is 12.7. The number of piperidine rings is 1. The summed E-state index contributed by atoms with van der Waals surface area (Å²) in [5.41, 5.74) is 4.72. The molecule has 0 saturated carbocycles. The Hall–Kier alpha value is -1.63. The number of hydrogen-bond donors (Lipinski definition) is 2. The van der Waals surface area contributed by atoms with Gasteiger partial charge >= 0.3 is 12.2 Å². The van der Waals surface area contributed by atoms with Crippen molar-refractivity contribution in [2.75, 3.05) is 18.4 Å². The number of carbonyl (C=O) groups is 1. The molecule has 1 aliphatic rings. The van der Waals surface area contributed by atoms with E-state index in [2.05, 4.69) is 5.32 Å². The third-order valence-corrected chi connectivity index (χ3v) is 3.62. The molecule has 0 unspecified atom stereocenters. The van der Waals surface area contributed by atoms with Gasteiger partial charge in [0.1, 0.15) is 0 Å². The fourth-order valence-corrected chi connectivity index (χ4v) is 2.55. The van der Waals surface area contributed by atoms with Crippen LogP contribution >= 0.6 is 11.6 Å².